The number of hydrogen-bond acceptors (Lipinski definition) is 4. The molecule has 2 aliphatic rings. The van der Waals surface area contributed by atoms with Gasteiger partial charge in [0.2, 0.25) is 5.91 Å². The fourth-order valence-electron chi connectivity index (χ4n) is 4.57. The van der Waals surface area contributed by atoms with Crippen LogP contribution < -0.4 is 5.32 Å². The molecule has 1 fully saturated rings. The summed E-state index contributed by atoms with van der Waals surface area (Å²) < 4.78 is 5.58. The zero-order chi connectivity index (χ0) is 23.4. The van der Waals surface area contributed by atoms with Gasteiger partial charge in [-0.05, 0) is 34.6 Å². The second kappa shape index (κ2) is 10.1. The summed E-state index contributed by atoms with van der Waals surface area (Å²) in [5.41, 5.74) is 4.63. The summed E-state index contributed by atoms with van der Waals surface area (Å²) in [6, 6.07) is 16.3. The highest BCUT2D eigenvalue weighted by Crippen LogP contribution is 2.44. The zero-order valence-corrected chi connectivity index (χ0v) is 18.8. The monoisotopic (exact) mass is 450 g/mol. The fourth-order valence-corrected chi connectivity index (χ4v) is 4.57. The molecule has 0 spiro atoms. The molecule has 33 heavy (non-hydrogen) atoms. The molecule has 174 valence electrons. The first-order chi connectivity index (χ1) is 15.9. The molecule has 4 rings (SSSR count). The van der Waals surface area contributed by atoms with E-state index in [2.05, 4.69) is 29.6 Å². The van der Waals surface area contributed by atoms with Crippen LogP contribution in [0.1, 0.15) is 42.7 Å². The molecule has 2 N–H and O–H groups in total. The lowest BCUT2D eigenvalue weighted by atomic mass is 9.98. The third kappa shape index (κ3) is 5.53. The van der Waals surface area contributed by atoms with Gasteiger partial charge in [0.1, 0.15) is 6.61 Å². The standard InChI is InChI=1S/C26H30N2O5/c1-28(13-12-24(29)30)25(31)18(14-17-10-11-17)15-27-26(32)33-16-23-21-8-4-2-6-19(21)20-7-3-5-9-22(20)23/h2-9,17-18,23H,10-16H2,1H3,(H,27,32)(H,29,30). The van der Waals surface area contributed by atoms with Gasteiger partial charge in [0.25, 0.3) is 0 Å². The number of rotatable bonds is 10. The highest BCUT2D eigenvalue weighted by Gasteiger charge is 2.32. The summed E-state index contributed by atoms with van der Waals surface area (Å²) >= 11 is 0. The van der Waals surface area contributed by atoms with Gasteiger partial charge in [-0.2, -0.15) is 0 Å². The fraction of sp³-hybridized carbons (Fsp3) is 0.423. The van der Waals surface area contributed by atoms with Crippen LogP contribution in [-0.4, -0.2) is 54.7 Å². The molecule has 1 atom stereocenters. The first-order valence-corrected chi connectivity index (χ1v) is 11.5. The molecule has 7 heteroatoms. The highest BCUT2D eigenvalue weighted by atomic mass is 16.5. The second-order valence-electron chi connectivity index (χ2n) is 8.99. The van der Waals surface area contributed by atoms with Crippen LogP contribution in [0.5, 0.6) is 0 Å². The van der Waals surface area contributed by atoms with E-state index < -0.39 is 12.1 Å². The average Bonchev–Trinajstić information content (AvgIpc) is 3.59. The molecule has 0 aromatic heterocycles. The third-order valence-electron chi connectivity index (χ3n) is 6.54. The van der Waals surface area contributed by atoms with Gasteiger partial charge in [-0.3, -0.25) is 9.59 Å². The van der Waals surface area contributed by atoms with Gasteiger partial charge in [-0.25, -0.2) is 4.79 Å². The van der Waals surface area contributed by atoms with Crippen LogP contribution in [0.4, 0.5) is 4.79 Å². The number of aliphatic carboxylic acids is 1. The maximum absolute atomic E-state index is 12.8. The van der Waals surface area contributed by atoms with Crippen molar-refractivity contribution in [3.63, 3.8) is 0 Å². The van der Waals surface area contributed by atoms with Crippen LogP contribution in [0.15, 0.2) is 48.5 Å². The maximum atomic E-state index is 12.8. The Kier molecular flexibility index (Phi) is 6.96. The lowest BCUT2D eigenvalue weighted by Crippen LogP contribution is -2.41. The summed E-state index contributed by atoms with van der Waals surface area (Å²) in [5, 5.41) is 11.6. The Labute approximate surface area is 193 Å². The largest absolute Gasteiger partial charge is 0.481 e. The Morgan fingerprint density at radius 2 is 1.67 bits per heavy atom. The number of nitrogens with one attached hydrogen (secondary N) is 1. The van der Waals surface area contributed by atoms with E-state index in [0.29, 0.717) is 12.3 Å². The number of carboxylic acid groups (broad SMARTS) is 1. The molecule has 2 amide bonds. The van der Waals surface area contributed by atoms with Crippen LogP contribution >= 0.6 is 0 Å². The van der Waals surface area contributed by atoms with Crippen molar-refractivity contribution in [2.75, 3.05) is 26.7 Å². The van der Waals surface area contributed by atoms with E-state index in [-0.39, 0.29) is 43.9 Å². The minimum Gasteiger partial charge on any atom is -0.481 e. The minimum atomic E-state index is -0.940. The Morgan fingerprint density at radius 1 is 1.06 bits per heavy atom. The first kappa shape index (κ1) is 22.8. The van der Waals surface area contributed by atoms with Crippen LogP contribution in [0, 0.1) is 11.8 Å². The Morgan fingerprint density at radius 3 is 2.24 bits per heavy atom. The van der Waals surface area contributed by atoms with Crippen molar-refractivity contribution in [2.45, 2.75) is 31.6 Å². The van der Waals surface area contributed by atoms with E-state index in [4.69, 9.17) is 9.84 Å². The molecule has 2 aromatic carbocycles. The number of nitrogens with zero attached hydrogens (tertiary/aromatic N) is 1. The van der Waals surface area contributed by atoms with Crippen LogP contribution in [0.3, 0.4) is 0 Å². The molecular weight excluding hydrogens is 420 g/mol. The molecule has 1 unspecified atom stereocenters. The lowest BCUT2D eigenvalue weighted by molar-refractivity contribution is -0.139. The molecule has 7 nitrogen and oxygen atoms in total. The Hall–Kier alpha value is -3.35. The zero-order valence-electron chi connectivity index (χ0n) is 18.8. The van der Waals surface area contributed by atoms with E-state index in [9.17, 15) is 14.4 Å². The summed E-state index contributed by atoms with van der Waals surface area (Å²) in [6.45, 7) is 0.559. The predicted octanol–water partition coefficient (Wildman–Crippen LogP) is 3.87. The van der Waals surface area contributed by atoms with Crippen molar-refractivity contribution in [1.29, 1.82) is 0 Å². The average molecular weight is 451 g/mol. The van der Waals surface area contributed by atoms with Crippen LogP contribution in [0.25, 0.3) is 11.1 Å². The van der Waals surface area contributed by atoms with Crippen LogP contribution in [0.2, 0.25) is 0 Å². The summed E-state index contributed by atoms with van der Waals surface area (Å²) in [7, 11) is 1.61. The van der Waals surface area contributed by atoms with Crippen molar-refractivity contribution in [3.05, 3.63) is 59.7 Å². The number of fused-ring (bicyclic) bond motifs is 3. The maximum Gasteiger partial charge on any atom is 0.407 e. The SMILES string of the molecule is CN(CCC(=O)O)C(=O)C(CNC(=O)OCC1c2ccccc2-c2ccccc21)CC1CC1. The first-order valence-electron chi connectivity index (χ1n) is 11.5. The molecular formula is C26H30N2O5. The molecule has 0 radical (unpaired) electrons. The van der Waals surface area contributed by atoms with Gasteiger partial charge in [-0.1, -0.05) is 61.4 Å². The van der Waals surface area contributed by atoms with Crippen molar-refractivity contribution < 1.29 is 24.2 Å². The van der Waals surface area contributed by atoms with Crippen molar-refractivity contribution in [2.24, 2.45) is 11.8 Å². The van der Waals surface area contributed by atoms with E-state index in [0.717, 1.165) is 24.0 Å². The minimum absolute atomic E-state index is 0.0193. The summed E-state index contributed by atoms with van der Waals surface area (Å²) in [4.78, 5) is 37.6. The quantitative estimate of drug-likeness (QED) is 0.573. The number of ether oxygens (including phenoxy) is 1. The summed E-state index contributed by atoms with van der Waals surface area (Å²) in [5.74, 6) is -0.977. The highest BCUT2D eigenvalue weighted by molar-refractivity contribution is 5.81. The number of carboxylic acids is 1. The normalized spacial score (nSPS) is 15.3. The van der Waals surface area contributed by atoms with Crippen molar-refractivity contribution >= 4 is 18.0 Å². The van der Waals surface area contributed by atoms with E-state index in [1.54, 1.807) is 7.05 Å². The van der Waals surface area contributed by atoms with Gasteiger partial charge in [0.15, 0.2) is 0 Å². The number of hydrogen-bond donors (Lipinski definition) is 2. The topological polar surface area (TPSA) is 95.9 Å². The number of amides is 2. The molecule has 2 aliphatic carbocycles. The summed E-state index contributed by atoms with van der Waals surface area (Å²) in [6.07, 6.45) is 2.23. The predicted molar refractivity (Wildman–Crippen MR) is 124 cm³/mol. The molecule has 0 heterocycles. The Bertz CT molecular complexity index is 987. The molecule has 2 aromatic rings. The van der Waals surface area contributed by atoms with Crippen molar-refractivity contribution in [3.8, 4) is 11.1 Å². The third-order valence-corrected chi connectivity index (χ3v) is 6.54. The smallest absolute Gasteiger partial charge is 0.407 e. The van der Waals surface area contributed by atoms with E-state index in [1.807, 2.05) is 24.3 Å². The van der Waals surface area contributed by atoms with E-state index >= 15 is 0 Å². The van der Waals surface area contributed by atoms with E-state index in [1.165, 1.54) is 16.0 Å². The van der Waals surface area contributed by atoms with Gasteiger partial charge in [-0.15, -0.1) is 0 Å². The molecule has 0 bridgehead atoms. The van der Waals surface area contributed by atoms with Gasteiger partial charge in [0.05, 0.1) is 12.3 Å². The van der Waals surface area contributed by atoms with Crippen molar-refractivity contribution in [1.82, 2.24) is 10.2 Å². The van der Waals surface area contributed by atoms with Gasteiger partial charge >= 0.3 is 12.1 Å². The number of alkyl carbamates (subject to hydrolysis) is 1. The Balaban J connectivity index is 1.33. The number of carbonyl (C=O) groups excluding carboxylic acids is 2. The number of benzene rings is 2. The molecule has 0 aliphatic heterocycles. The van der Waals surface area contributed by atoms with Crippen LogP contribution in [-0.2, 0) is 14.3 Å². The molecule has 0 saturated heterocycles. The van der Waals surface area contributed by atoms with Gasteiger partial charge in [0, 0.05) is 26.1 Å². The van der Waals surface area contributed by atoms with Gasteiger partial charge < -0.3 is 20.1 Å². The second-order valence-corrected chi connectivity index (χ2v) is 8.99. The lowest BCUT2D eigenvalue weighted by Gasteiger charge is -2.24. The molecule has 1 saturated carbocycles. The number of carbonyl (C=O) groups is 3.